The number of anilines is 3. The lowest BCUT2D eigenvalue weighted by atomic mass is 10.2. The maximum Gasteiger partial charge on any atom is 0.263 e. The highest BCUT2D eigenvalue weighted by Gasteiger charge is 2.22. The number of carbonyl (C=O) groups excluding carboxylic acids is 1. The van der Waals surface area contributed by atoms with Gasteiger partial charge in [0.25, 0.3) is 15.9 Å². The van der Waals surface area contributed by atoms with Crippen molar-refractivity contribution in [3.05, 3.63) is 71.4 Å². The number of rotatable bonds is 6. The van der Waals surface area contributed by atoms with Crippen molar-refractivity contribution < 1.29 is 13.2 Å². The summed E-state index contributed by atoms with van der Waals surface area (Å²) >= 11 is 7.22. The molecule has 4 aromatic rings. The van der Waals surface area contributed by atoms with E-state index in [0.29, 0.717) is 40.7 Å². The fraction of sp³-hybridized carbons (Fsp3) is 0.174. The number of benzene rings is 2. The fourth-order valence-corrected chi connectivity index (χ4v) is 5.94. The van der Waals surface area contributed by atoms with Crippen LogP contribution in [0.3, 0.4) is 0 Å². The van der Waals surface area contributed by atoms with Crippen LogP contribution in [0.4, 0.5) is 16.6 Å². The predicted octanol–water partition coefficient (Wildman–Crippen LogP) is 3.93. The number of nitrogens with zero attached hydrogens (tertiary/aromatic N) is 3. The number of nitrogens with one attached hydrogen (secondary N) is 3. The van der Waals surface area contributed by atoms with Crippen LogP contribution in [0, 0.1) is 0 Å². The molecule has 2 aromatic carbocycles. The van der Waals surface area contributed by atoms with Crippen molar-refractivity contribution in [3.8, 4) is 0 Å². The van der Waals surface area contributed by atoms with E-state index in [2.05, 4.69) is 25.3 Å². The second kappa shape index (κ2) is 9.78. The summed E-state index contributed by atoms with van der Waals surface area (Å²) in [5.41, 5.74) is 1.69. The summed E-state index contributed by atoms with van der Waals surface area (Å²) in [5.74, 6) is 0.320. The van der Waals surface area contributed by atoms with Gasteiger partial charge in [0.15, 0.2) is 5.13 Å². The standard InChI is InChI=1S/C23H21ClN6O3S2/c24-15-3-8-20-19(14-15)28-23(34-20)29-35(32,33)17-6-4-16(5-7-17)27-21-18(2-1-9-26-21)22(31)30-12-10-25-11-13-30/h1-9,14,25H,10-13H2,(H,26,27)(H,28,29). The van der Waals surface area contributed by atoms with Gasteiger partial charge in [-0.2, -0.15) is 0 Å². The largest absolute Gasteiger partial charge is 0.340 e. The first-order chi connectivity index (χ1) is 16.9. The highest BCUT2D eigenvalue weighted by Crippen LogP contribution is 2.30. The normalized spacial score (nSPS) is 14.1. The first-order valence-corrected chi connectivity index (χ1v) is 13.5. The SMILES string of the molecule is O=C(c1cccnc1Nc1ccc(S(=O)(=O)Nc2nc3cc(Cl)ccc3s2)cc1)N1CCNCC1. The summed E-state index contributed by atoms with van der Waals surface area (Å²) in [4.78, 5) is 23.5. The third-order valence-corrected chi connectivity index (χ3v) is 8.11. The van der Waals surface area contributed by atoms with Gasteiger partial charge in [-0.15, -0.1) is 0 Å². The molecule has 1 saturated heterocycles. The van der Waals surface area contributed by atoms with Crippen LogP contribution in [-0.2, 0) is 10.0 Å². The van der Waals surface area contributed by atoms with Crippen LogP contribution in [-0.4, -0.2) is 55.4 Å². The summed E-state index contributed by atoms with van der Waals surface area (Å²) in [6.07, 6.45) is 1.60. The van der Waals surface area contributed by atoms with E-state index >= 15 is 0 Å². The molecule has 0 atom stereocenters. The van der Waals surface area contributed by atoms with E-state index in [1.54, 1.807) is 53.6 Å². The van der Waals surface area contributed by atoms with Crippen molar-refractivity contribution in [2.75, 3.05) is 36.2 Å². The van der Waals surface area contributed by atoms with E-state index in [1.807, 2.05) is 0 Å². The van der Waals surface area contributed by atoms with Crippen molar-refractivity contribution in [2.45, 2.75) is 4.90 Å². The van der Waals surface area contributed by atoms with Gasteiger partial charge < -0.3 is 15.5 Å². The van der Waals surface area contributed by atoms with E-state index in [-0.39, 0.29) is 15.9 Å². The quantitative estimate of drug-likeness (QED) is 0.347. The number of fused-ring (bicyclic) bond motifs is 1. The molecule has 1 fully saturated rings. The number of hydrogen-bond donors (Lipinski definition) is 3. The molecule has 0 aliphatic carbocycles. The molecule has 0 bridgehead atoms. The molecule has 1 amide bonds. The fourth-order valence-electron chi connectivity index (χ4n) is 3.69. The van der Waals surface area contributed by atoms with Crippen molar-refractivity contribution in [3.63, 3.8) is 0 Å². The Kier molecular flexibility index (Phi) is 6.56. The Morgan fingerprint density at radius 3 is 2.63 bits per heavy atom. The van der Waals surface area contributed by atoms with Crippen molar-refractivity contribution in [2.24, 2.45) is 0 Å². The van der Waals surface area contributed by atoms with Crippen molar-refractivity contribution >= 4 is 65.7 Å². The number of piperazine rings is 1. The van der Waals surface area contributed by atoms with Crippen LogP contribution in [0.15, 0.2) is 65.7 Å². The van der Waals surface area contributed by atoms with Gasteiger partial charge in [-0.1, -0.05) is 22.9 Å². The number of pyridine rings is 1. The minimum atomic E-state index is -3.84. The Bertz CT molecular complexity index is 1480. The van der Waals surface area contributed by atoms with E-state index in [0.717, 1.165) is 17.8 Å². The Balaban J connectivity index is 1.32. The average molecular weight is 529 g/mol. The third kappa shape index (κ3) is 5.22. The lowest BCUT2D eigenvalue weighted by molar-refractivity contribution is 0.0736. The molecule has 35 heavy (non-hydrogen) atoms. The molecule has 9 nitrogen and oxygen atoms in total. The van der Waals surface area contributed by atoms with Crippen molar-refractivity contribution in [1.29, 1.82) is 0 Å². The minimum absolute atomic E-state index is 0.0819. The molecule has 1 aliphatic heterocycles. The maximum atomic E-state index is 13.0. The zero-order valence-electron chi connectivity index (χ0n) is 18.4. The summed E-state index contributed by atoms with van der Waals surface area (Å²) in [7, 11) is -3.84. The number of aromatic nitrogens is 2. The molecule has 3 heterocycles. The summed E-state index contributed by atoms with van der Waals surface area (Å²) < 4.78 is 29.1. The summed E-state index contributed by atoms with van der Waals surface area (Å²) in [6, 6.07) is 14.9. The van der Waals surface area contributed by atoms with Gasteiger partial charge in [0.1, 0.15) is 5.82 Å². The number of hydrogen-bond acceptors (Lipinski definition) is 8. The predicted molar refractivity (Wildman–Crippen MR) is 138 cm³/mol. The lowest BCUT2D eigenvalue weighted by Crippen LogP contribution is -2.46. The van der Waals surface area contributed by atoms with Gasteiger partial charge in [-0.25, -0.2) is 18.4 Å². The van der Waals surface area contributed by atoms with Gasteiger partial charge in [0, 0.05) is 43.1 Å². The van der Waals surface area contributed by atoms with Gasteiger partial charge in [-0.05, 0) is 54.6 Å². The molecule has 0 spiro atoms. The monoisotopic (exact) mass is 528 g/mol. The Morgan fingerprint density at radius 1 is 1.09 bits per heavy atom. The van der Waals surface area contributed by atoms with Crippen molar-refractivity contribution in [1.82, 2.24) is 20.2 Å². The molecule has 0 radical (unpaired) electrons. The van der Waals surface area contributed by atoms with E-state index in [4.69, 9.17) is 11.6 Å². The minimum Gasteiger partial charge on any atom is -0.340 e. The first-order valence-electron chi connectivity index (χ1n) is 10.8. The Morgan fingerprint density at radius 2 is 1.86 bits per heavy atom. The molecule has 5 rings (SSSR count). The molecule has 180 valence electrons. The molecule has 12 heteroatoms. The highest BCUT2D eigenvalue weighted by atomic mass is 35.5. The van der Waals surface area contributed by atoms with Crippen LogP contribution in [0.5, 0.6) is 0 Å². The number of halogens is 1. The van der Waals surface area contributed by atoms with E-state index < -0.39 is 10.0 Å². The second-order valence-electron chi connectivity index (χ2n) is 7.83. The number of thiazole rings is 1. The van der Waals surface area contributed by atoms with Crippen LogP contribution >= 0.6 is 22.9 Å². The maximum absolute atomic E-state index is 13.0. The Labute approximate surface area is 211 Å². The zero-order chi connectivity index (χ0) is 24.4. The average Bonchev–Trinajstić information content (AvgIpc) is 3.25. The topological polar surface area (TPSA) is 116 Å². The van der Waals surface area contributed by atoms with Gasteiger partial charge in [0.2, 0.25) is 0 Å². The molecule has 0 unspecified atom stereocenters. The summed E-state index contributed by atoms with van der Waals surface area (Å²) in [5, 5.41) is 7.15. The number of amides is 1. The van der Waals surface area contributed by atoms with Crippen LogP contribution in [0.2, 0.25) is 5.02 Å². The summed E-state index contributed by atoms with van der Waals surface area (Å²) in [6.45, 7) is 2.77. The number of carbonyl (C=O) groups is 1. The van der Waals surface area contributed by atoms with Crippen LogP contribution < -0.4 is 15.4 Å². The molecular formula is C23H21ClN6O3S2. The zero-order valence-corrected chi connectivity index (χ0v) is 20.8. The van der Waals surface area contributed by atoms with Crippen LogP contribution in [0.1, 0.15) is 10.4 Å². The Hall–Kier alpha value is -3.25. The van der Waals surface area contributed by atoms with Crippen LogP contribution in [0.25, 0.3) is 10.2 Å². The van der Waals surface area contributed by atoms with Gasteiger partial charge in [-0.3, -0.25) is 9.52 Å². The lowest BCUT2D eigenvalue weighted by Gasteiger charge is -2.28. The second-order valence-corrected chi connectivity index (χ2v) is 11.0. The van der Waals surface area contributed by atoms with Gasteiger partial charge in [0.05, 0.1) is 20.7 Å². The third-order valence-electron chi connectivity index (χ3n) is 5.44. The molecule has 0 saturated carbocycles. The molecule has 1 aliphatic rings. The first kappa shape index (κ1) is 23.5. The van der Waals surface area contributed by atoms with Gasteiger partial charge >= 0.3 is 0 Å². The van der Waals surface area contributed by atoms with E-state index in [9.17, 15) is 13.2 Å². The van der Waals surface area contributed by atoms with E-state index in [1.165, 1.54) is 23.5 Å². The number of sulfonamides is 1. The molecule has 3 N–H and O–H groups in total. The smallest absolute Gasteiger partial charge is 0.263 e. The molecular weight excluding hydrogens is 508 g/mol. The molecule has 2 aromatic heterocycles. The highest BCUT2D eigenvalue weighted by molar-refractivity contribution is 7.93.